The largest absolute Gasteiger partial charge is 0.543 e. The van der Waals surface area contributed by atoms with Crippen molar-refractivity contribution in [2.24, 2.45) is 0 Å². The van der Waals surface area contributed by atoms with Gasteiger partial charge < -0.3 is 4.43 Å². The minimum absolute atomic E-state index is 0.0360. The number of carbonyl (C=O) groups is 1. The highest BCUT2D eigenvalue weighted by molar-refractivity contribution is 6.74. The Morgan fingerprint density at radius 2 is 1.90 bits per heavy atom. The first-order chi connectivity index (χ1) is 9.05. The van der Waals surface area contributed by atoms with E-state index in [0.717, 1.165) is 16.9 Å². The van der Waals surface area contributed by atoms with Crippen LogP contribution >= 0.6 is 0 Å². The standard InChI is InChI=1S/C17H26O2Si/c1-8-15(18)11-14-9-13(2)10-16(12-14)19-20(6,7)17(3,4)5/h8-10,12H,1,11H2,2-7H3. The number of carbonyl (C=O) groups excluding carboxylic acids is 1. The topological polar surface area (TPSA) is 26.3 Å². The van der Waals surface area contributed by atoms with Crippen LogP contribution in [0.15, 0.2) is 30.9 Å². The summed E-state index contributed by atoms with van der Waals surface area (Å²) in [6.07, 6.45) is 1.76. The van der Waals surface area contributed by atoms with Crippen molar-refractivity contribution in [1.82, 2.24) is 0 Å². The first kappa shape index (κ1) is 16.7. The summed E-state index contributed by atoms with van der Waals surface area (Å²) < 4.78 is 6.30. The van der Waals surface area contributed by atoms with Crippen molar-refractivity contribution in [1.29, 1.82) is 0 Å². The van der Waals surface area contributed by atoms with Gasteiger partial charge in [-0.3, -0.25) is 4.79 Å². The van der Waals surface area contributed by atoms with Crippen molar-refractivity contribution in [2.45, 2.75) is 52.2 Å². The third kappa shape index (κ3) is 4.34. The molecule has 0 saturated heterocycles. The van der Waals surface area contributed by atoms with E-state index in [1.807, 2.05) is 25.1 Å². The average molecular weight is 290 g/mol. The highest BCUT2D eigenvalue weighted by atomic mass is 28.4. The number of rotatable bonds is 5. The van der Waals surface area contributed by atoms with Gasteiger partial charge >= 0.3 is 0 Å². The van der Waals surface area contributed by atoms with Gasteiger partial charge in [-0.2, -0.15) is 0 Å². The lowest BCUT2D eigenvalue weighted by molar-refractivity contribution is -0.114. The molecule has 0 saturated carbocycles. The smallest absolute Gasteiger partial charge is 0.250 e. The molecule has 1 rings (SSSR count). The highest BCUT2D eigenvalue weighted by Crippen LogP contribution is 2.37. The van der Waals surface area contributed by atoms with Crippen LogP contribution in [-0.4, -0.2) is 14.1 Å². The minimum atomic E-state index is -1.84. The van der Waals surface area contributed by atoms with Gasteiger partial charge in [0.15, 0.2) is 5.78 Å². The van der Waals surface area contributed by atoms with Crippen LogP contribution in [0.4, 0.5) is 0 Å². The Morgan fingerprint density at radius 1 is 1.30 bits per heavy atom. The Kier molecular flexibility index (Phi) is 4.98. The van der Waals surface area contributed by atoms with Gasteiger partial charge in [-0.05, 0) is 54.4 Å². The monoisotopic (exact) mass is 290 g/mol. The summed E-state index contributed by atoms with van der Waals surface area (Å²) in [5, 5.41) is 0.161. The fourth-order valence-electron chi connectivity index (χ4n) is 1.71. The van der Waals surface area contributed by atoms with Gasteiger partial charge in [-0.15, -0.1) is 0 Å². The van der Waals surface area contributed by atoms with Crippen LogP contribution in [0.5, 0.6) is 5.75 Å². The maximum atomic E-state index is 11.5. The van der Waals surface area contributed by atoms with E-state index in [1.54, 1.807) is 0 Å². The maximum absolute atomic E-state index is 11.5. The van der Waals surface area contributed by atoms with Crippen LogP contribution < -0.4 is 4.43 Å². The fourth-order valence-corrected chi connectivity index (χ4v) is 2.72. The van der Waals surface area contributed by atoms with Gasteiger partial charge in [0.2, 0.25) is 8.32 Å². The number of hydrogen-bond donors (Lipinski definition) is 0. The molecule has 20 heavy (non-hydrogen) atoms. The Bertz CT molecular complexity index is 510. The molecule has 0 heterocycles. The molecule has 0 spiro atoms. The SMILES string of the molecule is C=CC(=O)Cc1cc(C)cc(O[Si](C)(C)C(C)(C)C)c1. The van der Waals surface area contributed by atoms with Crippen molar-refractivity contribution in [2.75, 3.05) is 0 Å². The minimum Gasteiger partial charge on any atom is -0.543 e. The molecule has 0 aliphatic heterocycles. The van der Waals surface area contributed by atoms with Crippen LogP contribution in [0.25, 0.3) is 0 Å². The highest BCUT2D eigenvalue weighted by Gasteiger charge is 2.39. The number of ketones is 1. The fraction of sp³-hybridized carbons (Fsp3) is 0.471. The Labute approximate surface area is 124 Å². The van der Waals surface area contributed by atoms with Crippen molar-refractivity contribution >= 4 is 14.1 Å². The molecule has 3 heteroatoms. The first-order valence-electron chi connectivity index (χ1n) is 7.00. The number of benzene rings is 1. The lowest BCUT2D eigenvalue weighted by Crippen LogP contribution is -2.43. The number of aryl methyl sites for hydroxylation is 1. The van der Waals surface area contributed by atoms with Crippen molar-refractivity contribution in [3.05, 3.63) is 42.0 Å². The van der Waals surface area contributed by atoms with Gasteiger partial charge in [0.1, 0.15) is 5.75 Å². The molecule has 0 radical (unpaired) electrons. The number of allylic oxidation sites excluding steroid dienone is 1. The molecule has 0 bridgehead atoms. The Morgan fingerprint density at radius 3 is 2.40 bits per heavy atom. The summed E-state index contributed by atoms with van der Waals surface area (Å²) in [4.78, 5) is 11.5. The normalized spacial score (nSPS) is 12.1. The second kappa shape index (κ2) is 5.96. The van der Waals surface area contributed by atoms with E-state index >= 15 is 0 Å². The van der Waals surface area contributed by atoms with Crippen molar-refractivity contribution < 1.29 is 9.22 Å². The molecule has 0 aromatic heterocycles. The number of hydrogen-bond acceptors (Lipinski definition) is 2. The summed E-state index contributed by atoms with van der Waals surface area (Å²) in [6.45, 7) is 16.7. The molecule has 0 aliphatic carbocycles. The molecule has 0 unspecified atom stereocenters. The molecular weight excluding hydrogens is 264 g/mol. The maximum Gasteiger partial charge on any atom is 0.250 e. The zero-order chi connectivity index (χ0) is 15.6. The molecule has 1 aromatic rings. The molecular formula is C17H26O2Si. The van der Waals surface area contributed by atoms with Gasteiger partial charge in [0, 0.05) is 6.42 Å². The third-order valence-electron chi connectivity index (χ3n) is 3.90. The molecule has 110 valence electrons. The van der Waals surface area contributed by atoms with Crippen LogP contribution in [0.1, 0.15) is 31.9 Å². The zero-order valence-corrected chi connectivity index (χ0v) is 14.5. The molecule has 0 N–H and O–H groups in total. The van der Waals surface area contributed by atoms with E-state index in [0.29, 0.717) is 6.42 Å². The molecule has 0 fully saturated rings. The summed E-state index contributed by atoms with van der Waals surface area (Å²) in [7, 11) is -1.84. The molecule has 0 atom stereocenters. The molecule has 0 amide bonds. The quantitative estimate of drug-likeness (QED) is 0.581. The third-order valence-corrected chi connectivity index (χ3v) is 8.25. The van der Waals surface area contributed by atoms with Crippen molar-refractivity contribution in [3.8, 4) is 5.75 Å². The zero-order valence-electron chi connectivity index (χ0n) is 13.5. The second-order valence-corrected chi connectivity index (χ2v) is 11.6. The van der Waals surface area contributed by atoms with Crippen LogP contribution in [0, 0.1) is 6.92 Å². The van der Waals surface area contributed by atoms with E-state index < -0.39 is 8.32 Å². The van der Waals surface area contributed by atoms with E-state index in [2.05, 4.69) is 40.4 Å². The van der Waals surface area contributed by atoms with E-state index in [4.69, 9.17) is 4.43 Å². The van der Waals surface area contributed by atoms with Gasteiger partial charge in [0.05, 0.1) is 0 Å². The predicted octanol–water partition coefficient (Wildman–Crippen LogP) is 4.68. The first-order valence-corrected chi connectivity index (χ1v) is 9.91. The van der Waals surface area contributed by atoms with Crippen LogP contribution in [-0.2, 0) is 11.2 Å². The van der Waals surface area contributed by atoms with Gasteiger partial charge in [-0.1, -0.05) is 33.4 Å². The van der Waals surface area contributed by atoms with E-state index in [1.165, 1.54) is 6.08 Å². The Hall–Kier alpha value is -1.35. The Balaban J connectivity index is 3.02. The molecule has 1 aromatic carbocycles. The van der Waals surface area contributed by atoms with E-state index in [9.17, 15) is 4.79 Å². The lowest BCUT2D eigenvalue weighted by atomic mass is 10.1. The van der Waals surface area contributed by atoms with Crippen LogP contribution in [0.3, 0.4) is 0 Å². The average Bonchev–Trinajstić information content (AvgIpc) is 2.25. The summed E-state index contributed by atoms with van der Waals surface area (Å²) in [5.74, 6) is 0.914. The lowest BCUT2D eigenvalue weighted by Gasteiger charge is -2.36. The van der Waals surface area contributed by atoms with E-state index in [-0.39, 0.29) is 10.8 Å². The molecule has 0 aliphatic rings. The van der Waals surface area contributed by atoms with Gasteiger partial charge in [-0.25, -0.2) is 0 Å². The molecule has 2 nitrogen and oxygen atoms in total. The predicted molar refractivity (Wildman–Crippen MR) is 87.9 cm³/mol. The van der Waals surface area contributed by atoms with Crippen LogP contribution in [0.2, 0.25) is 18.1 Å². The van der Waals surface area contributed by atoms with Crippen molar-refractivity contribution in [3.63, 3.8) is 0 Å². The van der Waals surface area contributed by atoms with Gasteiger partial charge in [0.25, 0.3) is 0 Å². The summed E-state index contributed by atoms with van der Waals surface area (Å²) in [5.41, 5.74) is 2.11. The summed E-state index contributed by atoms with van der Waals surface area (Å²) in [6, 6.07) is 6.05. The summed E-state index contributed by atoms with van der Waals surface area (Å²) >= 11 is 0. The second-order valence-electron chi connectivity index (χ2n) is 6.86.